The average molecular weight is 286 g/mol. The number of urea groups is 1. The van der Waals surface area contributed by atoms with Gasteiger partial charge in [-0.3, -0.25) is 0 Å². The molecule has 0 aromatic carbocycles. The first kappa shape index (κ1) is 15.1. The van der Waals surface area contributed by atoms with Gasteiger partial charge in [0.1, 0.15) is 12.2 Å². The maximum absolute atomic E-state index is 12.3. The predicted octanol–water partition coefficient (Wildman–Crippen LogP) is 0.391. The third-order valence-corrected chi connectivity index (χ3v) is 4.00. The van der Waals surface area contributed by atoms with Crippen LogP contribution in [0.4, 0.5) is 4.79 Å². The van der Waals surface area contributed by atoms with Crippen molar-refractivity contribution >= 4 is 12.0 Å². The van der Waals surface area contributed by atoms with Crippen molar-refractivity contribution in [2.75, 3.05) is 33.4 Å². The Labute approximate surface area is 118 Å². The van der Waals surface area contributed by atoms with Crippen molar-refractivity contribution in [2.24, 2.45) is 0 Å². The maximum atomic E-state index is 12.3. The molecule has 2 heterocycles. The summed E-state index contributed by atoms with van der Waals surface area (Å²) in [6, 6.07) is 0.0537. The summed E-state index contributed by atoms with van der Waals surface area (Å²) in [5.74, 6) is -0.995. The minimum atomic E-state index is -0.995. The number of rotatable bonds is 4. The number of hydrogen-bond donors (Lipinski definition) is 1. The van der Waals surface area contributed by atoms with Crippen LogP contribution in [0, 0.1) is 0 Å². The fraction of sp³-hybridized carbons (Fsp3) is 0.846. The van der Waals surface area contributed by atoms with Gasteiger partial charge in [-0.25, -0.2) is 9.59 Å². The molecule has 2 atom stereocenters. The van der Waals surface area contributed by atoms with Gasteiger partial charge in [0.2, 0.25) is 0 Å². The summed E-state index contributed by atoms with van der Waals surface area (Å²) >= 11 is 0. The summed E-state index contributed by atoms with van der Waals surface area (Å²) in [5, 5.41) is 8.60. The number of hydrogen-bond acceptors (Lipinski definition) is 4. The molecule has 114 valence electrons. The normalized spacial score (nSPS) is 28.1. The summed E-state index contributed by atoms with van der Waals surface area (Å²) in [7, 11) is 1.78. The van der Waals surface area contributed by atoms with Crippen LogP contribution in [0.15, 0.2) is 0 Å². The van der Waals surface area contributed by atoms with Crippen molar-refractivity contribution < 1.29 is 24.2 Å². The van der Waals surface area contributed by atoms with E-state index >= 15 is 0 Å². The van der Waals surface area contributed by atoms with Crippen LogP contribution in [-0.2, 0) is 14.3 Å². The second-order valence-corrected chi connectivity index (χ2v) is 5.81. The molecule has 2 rings (SSSR count). The Morgan fingerprint density at radius 1 is 1.50 bits per heavy atom. The van der Waals surface area contributed by atoms with E-state index in [1.807, 2.05) is 13.8 Å². The van der Waals surface area contributed by atoms with E-state index in [1.165, 1.54) is 0 Å². The molecule has 2 amide bonds. The van der Waals surface area contributed by atoms with Gasteiger partial charge in [-0.1, -0.05) is 0 Å². The van der Waals surface area contributed by atoms with E-state index in [9.17, 15) is 9.59 Å². The molecule has 7 nitrogen and oxygen atoms in total. The van der Waals surface area contributed by atoms with Crippen LogP contribution < -0.4 is 0 Å². The zero-order valence-electron chi connectivity index (χ0n) is 12.2. The molecule has 0 radical (unpaired) electrons. The number of ether oxygens (including phenoxy) is 2. The average Bonchev–Trinajstić information content (AvgIpc) is 2.77. The van der Waals surface area contributed by atoms with Gasteiger partial charge < -0.3 is 24.4 Å². The van der Waals surface area contributed by atoms with Gasteiger partial charge in [0, 0.05) is 13.7 Å². The van der Waals surface area contributed by atoms with Crippen molar-refractivity contribution in [2.45, 2.75) is 38.0 Å². The molecular weight excluding hydrogens is 264 g/mol. The van der Waals surface area contributed by atoms with E-state index in [1.54, 1.807) is 16.8 Å². The second kappa shape index (κ2) is 5.57. The minimum absolute atomic E-state index is 0.0521. The highest BCUT2D eigenvalue weighted by atomic mass is 16.5. The summed E-state index contributed by atoms with van der Waals surface area (Å²) in [6.45, 7) is 4.99. The monoisotopic (exact) mass is 286 g/mol. The predicted molar refractivity (Wildman–Crippen MR) is 70.5 cm³/mol. The van der Waals surface area contributed by atoms with Gasteiger partial charge in [0.25, 0.3) is 0 Å². The van der Waals surface area contributed by atoms with Crippen LogP contribution >= 0.6 is 0 Å². The molecule has 2 saturated heterocycles. The van der Waals surface area contributed by atoms with Crippen LogP contribution in [-0.4, -0.2) is 78.0 Å². The van der Waals surface area contributed by atoms with Gasteiger partial charge in [-0.05, 0) is 20.3 Å². The van der Waals surface area contributed by atoms with Crippen molar-refractivity contribution in [3.63, 3.8) is 0 Å². The topological polar surface area (TPSA) is 79.3 Å². The molecule has 0 aromatic rings. The second-order valence-electron chi connectivity index (χ2n) is 5.81. The summed E-state index contributed by atoms with van der Waals surface area (Å²) in [4.78, 5) is 26.2. The molecule has 0 saturated carbocycles. The minimum Gasteiger partial charge on any atom is -0.480 e. The number of carboxylic acid groups (broad SMARTS) is 1. The highest BCUT2D eigenvalue weighted by molar-refractivity contribution is 5.76. The zero-order chi connectivity index (χ0) is 14.9. The Balaban J connectivity index is 1.82. The van der Waals surface area contributed by atoms with E-state index in [-0.39, 0.29) is 24.8 Å². The van der Waals surface area contributed by atoms with E-state index in [0.717, 1.165) is 6.42 Å². The largest absolute Gasteiger partial charge is 0.480 e. The number of nitrogens with zero attached hydrogens (tertiary/aromatic N) is 2. The molecule has 2 fully saturated rings. The Bertz CT molecular complexity index is 394. The van der Waals surface area contributed by atoms with Crippen molar-refractivity contribution in [1.29, 1.82) is 0 Å². The lowest BCUT2D eigenvalue weighted by Crippen LogP contribution is -2.66. The number of likely N-dealkylation sites (N-methyl/N-ethyl adjacent to an activating group) is 1. The molecular formula is C13H22N2O5. The Hall–Kier alpha value is -1.34. The van der Waals surface area contributed by atoms with E-state index in [2.05, 4.69) is 0 Å². The molecule has 2 aliphatic heterocycles. The number of amides is 2. The van der Waals surface area contributed by atoms with Crippen LogP contribution in [0.3, 0.4) is 0 Å². The molecule has 0 aliphatic carbocycles. The summed E-state index contributed by atoms with van der Waals surface area (Å²) in [5.41, 5.74) is -0.549. The standard InChI is InChI=1S/C13H22N2O5/c1-9-10(4-5-19-9)14(3)12(18)15-7-13(2,8-15)20-6-11(16)17/h9-10H,4-8H2,1-3H3,(H,16,17). The molecule has 2 aliphatic rings. The van der Waals surface area contributed by atoms with Gasteiger partial charge in [0.15, 0.2) is 0 Å². The number of aliphatic carboxylic acids is 1. The van der Waals surface area contributed by atoms with Gasteiger partial charge in [-0.15, -0.1) is 0 Å². The van der Waals surface area contributed by atoms with Gasteiger partial charge >= 0.3 is 12.0 Å². The van der Waals surface area contributed by atoms with Crippen molar-refractivity contribution in [3.05, 3.63) is 0 Å². The van der Waals surface area contributed by atoms with E-state index in [4.69, 9.17) is 14.6 Å². The molecule has 1 N–H and O–H groups in total. The summed E-state index contributed by atoms with van der Waals surface area (Å²) < 4.78 is 10.8. The first-order valence-corrected chi connectivity index (χ1v) is 6.81. The molecule has 0 bridgehead atoms. The van der Waals surface area contributed by atoms with Gasteiger partial charge in [0.05, 0.1) is 25.2 Å². The molecule has 2 unspecified atom stereocenters. The zero-order valence-corrected chi connectivity index (χ0v) is 12.2. The number of carbonyl (C=O) groups excluding carboxylic acids is 1. The first-order chi connectivity index (χ1) is 9.32. The first-order valence-electron chi connectivity index (χ1n) is 6.81. The molecule has 20 heavy (non-hydrogen) atoms. The van der Waals surface area contributed by atoms with Crippen molar-refractivity contribution in [3.8, 4) is 0 Å². The highest BCUT2D eigenvalue weighted by Gasteiger charge is 2.45. The lowest BCUT2D eigenvalue weighted by atomic mass is 9.96. The third-order valence-electron chi connectivity index (χ3n) is 4.00. The maximum Gasteiger partial charge on any atom is 0.329 e. The van der Waals surface area contributed by atoms with Gasteiger partial charge in [-0.2, -0.15) is 0 Å². The van der Waals surface area contributed by atoms with E-state index in [0.29, 0.717) is 19.7 Å². The Morgan fingerprint density at radius 2 is 2.15 bits per heavy atom. The molecule has 0 spiro atoms. The van der Waals surface area contributed by atoms with Crippen LogP contribution in [0.2, 0.25) is 0 Å². The van der Waals surface area contributed by atoms with Crippen LogP contribution in [0.5, 0.6) is 0 Å². The summed E-state index contributed by atoms with van der Waals surface area (Å²) in [6.07, 6.45) is 0.907. The number of carbonyl (C=O) groups is 2. The van der Waals surface area contributed by atoms with E-state index < -0.39 is 11.6 Å². The fourth-order valence-corrected chi connectivity index (χ4v) is 2.82. The quantitative estimate of drug-likeness (QED) is 0.809. The van der Waals surface area contributed by atoms with Crippen LogP contribution in [0.25, 0.3) is 0 Å². The third kappa shape index (κ3) is 3.04. The van der Waals surface area contributed by atoms with Crippen LogP contribution in [0.1, 0.15) is 20.3 Å². The molecule has 0 aromatic heterocycles. The smallest absolute Gasteiger partial charge is 0.329 e. The SMILES string of the molecule is CC1OCCC1N(C)C(=O)N1CC(C)(OCC(=O)O)C1. The lowest BCUT2D eigenvalue weighted by molar-refractivity contribution is -0.160. The Morgan fingerprint density at radius 3 is 2.65 bits per heavy atom. The Kier molecular flexibility index (Phi) is 4.19. The fourth-order valence-electron chi connectivity index (χ4n) is 2.82. The lowest BCUT2D eigenvalue weighted by Gasteiger charge is -2.48. The molecule has 7 heteroatoms. The highest BCUT2D eigenvalue weighted by Crippen LogP contribution is 2.27. The van der Waals surface area contributed by atoms with Crippen molar-refractivity contribution in [1.82, 2.24) is 9.80 Å². The number of likely N-dealkylation sites (tertiary alicyclic amines) is 1. The number of carboxylic acids is 1.